The van der Waals surface area contributed by atoms with E-state index in [1.165, 1.54) is 4.90 Å². The molecule has 1 amide bonds. The van der Waals surface area contributed by atoms with E-state index in [1.54, 1.807) is 27.7 Å². The van der Waals surface area contributed by atoms with E-state index in [4.69, 9.17) is 14.6 Å². The van der Waals surface area contributed by atoms with E-state index < -0.39 is 29.5 Å². The molecule has 1 aromatic carbocycles. The van der Waals surface area contributed by atoms with Crippen molar-refractivity contribution in [3.8, 4) is 0 Å². The minimum Gasteiger partial charge on any atom is -0.481 e. The summed E-state index contributed by atoms with van der Waals surface area (Å²) in [5.74, 6) is -2.10. The van der Waals surface area contributed by atoms with Gasteiger partial charge in [-0.1, -0.05) is 37.3 Å². The Kier molecular flexibility index (Phi) is 8.09. The van der Waals surface area contributed by atoms with E-state index in [-0.39, 0.29) is 26.2 Å². The number of aliphatic carboxylic acids is 1. The molecule has 0 aliphatic carbocycles. The molecule has 0 bridgehead atoms. The molecule has 0 heterocycles. The van der Waals surface area contributed by atoms with E-state index >= 15 is 0 Å². The maximum absolute atomic E-state index is 12.3. The van der Waals surface area contributed by atoms with Crippen LogP contribution in [0.3, 0.4) is 0 Å². The lowest BCUT2D eigenvalue weighted by Crippen LogP contribution is -2.48. The van der Waals surface area contributed by atoms with Crippen molar-refractivity contribution in [3.05, 3.63) is 35.9 Å². The Bertz CT molecular complexity index is 608. The Morgan fingerprint density at radius 2 is 1.73 bits per heavy atom. The highest BCUT2D eigenvalue weighted by Gasteiger charge is 2.30. The van der Waals surface area contributed by atoms with Crippen molar-refractivity contribution in [1.29, 1.82) is 0 Å². The molecule has 0 radical (unpaired) electrons. The van der Waals surface area contributed by atoms with Crippen LogP contribution in [0.4, 0.5) is 4.79 Å². The number of rotatable bonds is 8. The summed E-state index contributed by atoms with van der Waals surface area (Å²) < 4.78 is 10.3. The average molecular weight is 365 g/mol. The first-order chi connectivity index (χ1) is 12.1. The molecule has 0 saturated carbocycles. The number of nitrogens with zero attached hydrogens (tertiary/aromatic N) is 1. The monoisotopic (exact) mass is 365 g/mol. The summed E-state index contributed by atoms with van der Waals surface area (Å²) >= 11 is 0. The number of hydrogen-bond acceptors (Lipinski definition) is 5. The van der Waals surface area contributed by atoms with Crippen molar-refractivity contribution < 1.29 is 29.0 Å². The summed E-state index contributed by atoms with van der Waals surface area (Å²) in [6, 6.07) is 9.24. The van der Waals surface area contributed by atoms with Crippen molar-refractivity contribution in [2.75, 3.05) is 13.2 Å². The molecule has 0 aliphatic rings. The fourth-order valence-corrected chi connectivity index (χ4v) is 2.01. The van der Waals surface area contributed by atoms with Crippen LogP contribution in [0.2, 0.25) is 0 Å². The topological polar surface area (TPSA) is 93.1 Å². The van der Waals surface area contributed by atoms with Crippen LogP contribution in [0.1, 0.15) is 39.7 Å². The molecule has 0 aliphatic heterocycles. The summed E-state index contributed by atoms with van der Waals surface area (Å²) in [7, 11) is 0. The van der Waals surface area contributed by atoms with Crippen molar-refractivity contribution in [3.63, 3.8) is 0 Å². The van der Waals surface area contributed by atoms with Crippen LogP contribution in [-0.4, -0.2) is 46.7 Å². The normalized spacial score (nSPS) is 12.2. The molecule has 144 valence electrons. The zero-order valence-electron chi connectivity index (χ0n) is 15.7. The van der Waals surface area contributed by atoms with Crippen LogP contribution in [0.15, 0.2) is 30.3 Å². The van der Waals surface area contributed by atoms with Gasteiger partial charge in [0.15, 0.2) is 0 Å². The fourth-order valence-electron chi connectivity index (χ4n) is 2.01. The van der Waals surface area contributed by atoms with Crippen LogP contribution in [0, 0.1) is 5.92 Å². The molecule has 1 unspecified atom stereocenters. The Hall–Kier alpha value is -2.57. The predicted molar refractivity (Wildman–Crippen MR) is 95.5 cm³/mol. The molecule has 7 heteroatoms. The van der Waals surface area contributed by atoms with Gasteiger partial charge in [-0.25, -0.2) is 4.79 Å². The molecule has 0 aromatic heterocycles. The molecular formula is C19H27NO6. The number of esters is 1. The Labute approximate surface area is 153 Å². The number of carboxylic acids is 1. The summed E-state index contributed by atoms with van der Waals surface area (Å²) in [5.41, 5.74) is 0.203. The maximum Gasteiger partial charge on any atom is 0.410 e. The number of carboxylic acid groups (broad SMARTS) is 1. The van der Waals surface area contributed by atoms with Crippen LogP contribution >= 0.6 is 0 Å². The van der Waals surface area contributed by atoms with Gasteiger partial charge < -0.3 is 14.6 Å². The van der Waals surface area contributed by atoms with E-state index in [1.807, 2.05) is 30.3 Å². The lowest BCUT2D eigenvalue weighted by atomic mass is 10.1. The van der Waals surface area contributed by atoms with Gasteiger partial charge in [0.05, 0.1) is 12.5 Å². The maximum atomic E-state index is 12.3. The van der Waals surface area contributed by atoms with E-state index in [0.717, 1.165) is 5.56 Å². The van der Waals surface area contributed by atoms with Crippen LogP contribution in [0.25, 0.3) is 0 Å². The molecule has 0 spiro atoms. The third-order valence-corrected chi connectivity index (χ3v) is 3.76. The zero-order valence-corrected chi connectivity index (χ0v) is 15.7. The number of carbonyl (C=O) groups is 3. The van der Waals surface area contributed by atoms with E-state index in [9.17, 15) is 14.4 Å². The van der Waals surface area contributed by atoms with E-state index in [2.05, 4.69) is 0 Å². The van der Waals surface area contributed by atoms with Gasteiger partial charge in [-0.15, -0.1) is 0 Å². The number of amides is 1. The van der Waals surface area contributed by atoms with Gasteiger partial charge in [0, 0.05) is 5.54 Å². The number of hydrogen-bond donors (Lipinski definition) is 1. The smallest absolute Gasteiger partial charge is 0.410 e. The highest BCUT2D eigenvalue weighted by molar-refractivity contribution is 5.78. The SMILES string of the molecule is CC(CCOC(=O)N(CC(=O)OCc1ccccc1)C(C)(C)C)C(=O)O. The largest absolute Gasteiger partial charge is 0.481 e. The molecular weight excluding hydrogens is 338 g/mol. The van der Waals surface area contributed by atoms with Crippen molar-refractivity contribution >= 4 is 18.0 Å². The first-order valence-corrected chi connectivity index (χ1v) is 8.48. The highest BCUT2D eigenvalue weighted by Crippen LogP contribution is 2.16. The highest BCUT2D eigenvalue weighted by atomic mass is 16.6. The molecule has 26 heavy (non-hydrogen) atoms. The third-order valence-electron chi connectivity index (χ3n) is 3.76. The number of carbonyl (C=O) groups excluding carboxylic acids is 2. The first-order valence-electron chi connectivity index (χ1n) is 8.48. The van der Waals surface area contributed by atoms with Crippen LogP contribution in [0.5, 0.6) is 0 Å². The minimum absolute atomic E-state index is 0.0298. The third kappa shape index (κ3) is 7.55. The summed E-state index contributed by atoms with van der Waals surface area (Å²) in [5, 5.41) is 8.85. The molecule has 0 fully saturated rings. The fraction of sp³-hybridized carbons (Fsp3) is 0.526. The molecule has 0 saturated heterocycles. The average Bonchev–Trinajstić information content (AvgIpc) is 2.57. The molecule has 7 nitrogen and oxygen atoms in total. The van der Waals surface area contributed by atoms with Gasteiger partial charge in [-0.2, -0.15) is 0 Å². The second kappa shape index (κ2) is 9.79. The van der Waals surface area contributed by atoms with Gasteiger partial charge in [0.1, 0.15) is 13.2 Å². The zero-order chi connectivity index (χ0) is 19.7. The molecule has 1 aromatic rings. The van der Waals surface area contributed by atoms with Gasteiger partial charge in [0.2, 0.25) is 0 Å². The lowest BCUT2D eigenvalue weighted by Gasteiger charge is -2.33. The van der Waals surface area contributed by atoms with Gasteiger partial charge in [-0.3, -0.25) is 14.5 Å². The Balaban J connectivity index is 2.56. The summed E-state index contributed by atoms with van der Waals surface area (Å²) in [6.07, 6.45) is -0.468. The predicted octanol–water partition coefficient (Wildman–Crippen LogP) is 3.08. The van der Waals surface area contributed by atoms with Crippen LogP contribution < -0.4 is 0 Å². The van der Waals surface area contributed by atoms with Crippen LogP contribution in [-0.2, 0) is 25.7 Å². The minimum atomic E-state index is -0.946. The van der Waals surface area contributed by atoms with Crippen molar-refractivity contribution in [1.82, 2.24) is 4.90 Å². The summed E-state index contributed by atoms with van der Waals surface area (Å²) in [4.78, 5) is 36.5. The van der Waals surface area contributed by atoms with Crippen molar-refractivity contribution in [2.24, 2.45) is 5.92 Å². The molecule has 1 N–H and O–H groups in total. The first kappa shape index (κ1) is 21.5. The van der Waals surface area contributed by atoms with Gasteiger partial charge >= 0.3 is 18.0 Å². The lowest BCUT2D eigenvalue weighted by molar-refractivity contribution is -0.147. The van der Waals surface area contributed by atoms with E-state index in [0.29, 0.717) is 0 Å². The summed E-state index contributed by atoms with van der Waals surface area (Å²) in [6.45, 7) is 6.72. The standard InChI is InChI=1S/C19H27NO6/c1-14(17(22)23)10-11-25-18(24)20(19(2,3)4)12-16(21)26-13-15-8-6-5-7-9-15/h5-9,14H,10-13H2,1-4H3,(H,22,23). The quantitative estimate of drug-likeness (QED) is 0.712. The second-order valence-corrected chi connectivity index (χ2v) is 7.05. The van der Waals surface area contributed by atoms with Gasteiger partial charge in [-0.05, 0) is 32.8 Å². The number of benzene rings is 1. The molecule has 1 rings (SSSR count). The van der Waals surface area contributed by atoms with Gasteiger partial charge in [0.25, 0.3) is 0 Å². The Morgan fingerprint density at radius 3 is 2.27 bits per heavy atom. The van der Waals surface area contributed by atoms with Crippen molar-refractivity contribution in [2.45, 2.75) is 46.3 Å². The Morgan fingerprint density at radius 1 is 1.12 bits per heavy atom. The number of ether oxygens (including phenoxy) is 2. The second-order valence-electron chi connectivity index (χ2n) is 7.05. The molecule has 1 atom stereocenters.